The lowest BCUT2D eigenvalue weighted by molar-refractivity contribution is -0.126. The zero-order chi connectivity index (χ0) is 99.7. The third-order valence-electron chi connectivity index (χ3n) is 24.9. The van der Waals surface area contributed by atoms with Gasteiger partial charge in [-0.2, -0.15) is 0 Å². The Hall–Kier alpha value is -10.8. The highest BCUT2D eigenvalue weighted by atomic mass is 16.3. The number of aliphatic hydroxyl groups is 6. The van der Waals surface area contributed by atoms with Crippen LogP contribution in [0.15, 0.2) is 389 Å². The minimum Gasteiger partial charge on any atom is -0.385 e. The van der Waals surface area contributed by atoms with Gasteiger partial charge in [-0.3, -0.25) is 28.8 Å². The van der Waals surface area contributed by atoms with E-state index in [0.717, 1.165) is 100 Å². The molecule has 0 amide bonds. The van der Waals surface area contributed by atoms with E-state index in [-0.39, 0.29) is 67.2 Å². The first kappa shape index (κ1) is 114. The molecular formula is C120H156O12. The highest BCUT2D eigenvalue weighted by Crippen LogP contribution is 2.46. The number of hydrogen-bond donors (Lipinski definition) is 6. The smallest absolute Gasteiger partial charge is 0.187 e. The standard InChI is InChI=1S/3C40H52O4/c3*1-27(17-13-19-29(3)21-23-33-31(5)37(43)35(41)25-39(33,7)8)15-11-12-16-28(2)18-14-20-30(4)22-24-34-32(6)38(44)36(42)26-40(34,9)10/h3*11-24,35-36,41-42H,25-26H2,1-10H3/b3*12-11+,17-13+,18-14+,23-21+,24-22+,27-15+,28-16+,29-19+,30-20+/t35-,36+;2*35-,36-/m.10/s1. The molecule has 132 heavy (non-hydrogen) atoms. The van der Waals surface area contributed by atoms with Crippen LogP contribution in [0, 0.1) is 32.5 Å². The first-order chi connectivity index (χ1) is 61.4. The number of Topliss-reactive ketones (excluding diaryl/α,β-unsaturated/α-hetero) is 6. The van der Waals surface area contributed by atoms with E-state index in [0.29, 0.717) is 72.0 Å². The molecule has 0 aliphatic heterocycles. The quantitative estimate of drug-likeness (QED) is 0.0370. The van der Waals surface area contributed by atoms with Gasteiger partial charge in [0.15, 0.2) is 34.7 Å². The van der Waals surface area contributed by atoms with Gasteiger partial charge in [0, 0.05) is 0 Å². The predicted octanol–water partition coefficient (Wildman–Crippen LogP) is 26.7. The molecule has 6 aliphatic rings. The van der Waals surface area contributed by atoms with E-state index >= 15 is 0 Å². The van der Waals surface area contributed by atoms with E-state index in [9.17, 15) is 59.4 Å². The van der Waals surface area contributed by atoms with E-state index in [1.54, 1.807) is 41.5 Å². The Balaban J connectivity index is 0.000000414. The van der Waals surface area contributed by atoms with Crippen LogP contribution in [0.4, 0.5) is 0 Å². The molecule has 0 saturated carbocycles. The van der Waals surface area contributed by atoms with E-state index in [1.807, 2.05) is 224 Å². The molecule has 0 spiro atoms. The van der Waals surface area contributed by atoms with Gasteiger partial charge in [-0.1, -0.05) is 405 Å². The van der Waals surface area contributed by atoms with Crippen molar-refractivity contribution in [2.75, 3.05) is 0 Å². The molecule has 6 N–H and O–H groups in total. The second-order valence-corrected chi connectivity index (χ2v) is 40.3. The van der Waals surface area contributed by atoms with Crippen LogP contribution < -0.4 is 0 Å². The topological polar surface area (TPSA) is 224 Å². The maximum absolute atomic E-state index is 12.2. The van der Waals surface area contributed by atoms with Crippen LogP contribution in [0.5, 0.6) is 0 Å². The summed E-state index contributed by atoms with van der Waals surface area (Å²) < 4.78 is 0. The number of aliphatic hydroxyl groups excluding tert-OH is 6. The fraction of sp³-hybridized carbons (Fsp3) is 0.400. The Kier molecular flexibility index (Phi) is 44.7. The summed E-state index contributed by atoms with van der Waals surface area (Å²) in [4.78, 5) is 73.4. The Labute approximate surface area is 793 Å². The van der Waals surface area contributed by atoms with Crippen molar-refractivity contribution in [1.82, 2.24) is 0 Å². The van der Waals surface area contributed by atoms with E-state index in [2.05, 4.69) is 198 Å². The van der Waals surface area contributed by atoms with Gasteiger partial charge in [-0.15, -0.1) is 0 Å². The molecule has 0 aromatic heterocycles. The first-order valence-corrected chi connectivity index (χ1v) is 46.2. The summed E-state index contributed by atoms with van der Waals surface area (Å²) in [7, 11) is 0. The summed E-state index contributed by atoms with van der Waals surface area (Å²) in [5.74, 6) is -1.05. The van der Waals surface area contributed by atoms with Crippen LogP contribution in [0.1, 0.15) is 246 Å². The number of carbonyl (C=O) groups is 6. The highest BCUT2D eigenvalue weighted by molar-refractivity contribution is 6.03. The van der Waals surface area contributed by atoms with Crippen molar-refractivity contribution in [2.24, 2.45) is 32.5 Å². The number of allylic oxidation sites excluding steroid dienone is 60. The fourth-order valence-corrected chi connectivity index (χ4v) is 16.9. The van der Waals surface area contributed by atoms with Gasteiger partial charge < -0.3 is 30.6 Å². The molecular weight excluding hydrogens is 1630 g/mol. The van der Waals surface area contributed by atoms with Crippen LogP contribution in [0.3, 0.4) is 0 Å². The molecule has 6 atom stereocenters. The van der Waals surface area contributed by atoms with Crippen LogP contribution >= 0.6 is 0 Å². The normalized spacial score (nSPS) is 24.5. The Morgan fingerprint density at radius 2 is 0.288 bits per heavy atom. The molecule has 0 fully saturated rings. The Morgan fingerprint density at radius 1 is 0.189 bits per heavy atom. The highest BCUT2D eigenvalue weighted by Gasteiger charge is 2.42. The second-order valence-electron chi connectivity index (χ2n) is 40.3. The molecule has 12 heteroatoms. The summed E-state index contributed by atoms with van der Waals surface area (Å²) in [5, 5.41) is 60.1. The van der Waals surface area contributed by atoms with Crippen molar-refractivity contribution in [2.45, 2.75) is 283 Å². The molecule has 0 saturated heterocycles. The zero-order valence-corrected chi connectivity index (χ0v) is 85.1. The van der Waals surface area contributed by atoms with Crippen molar-refractivity contribution in [3.63, 3.8) is 0 Å². The number of hydrogen-bond acceptors (Lipinski definition) is 12. The molecule has 0 aromatic carbocycles. The van der Waals surface area contributed by atoms with Crippen molar-refractivity contribution >= 4 is 34.7 Å². The number of rotatable bonds is 30. The fourth-order valence-electron chi connectivity index (χ4n) is 16.9. The molecule has 0 unspecified atom stereocenters. The third kappa shape index (κ3) is 36.3. The molecule has 0 aromatic rings. The number of carbonyl (C=O) groups excluding carboxylic acids is 6. The molecule has 0 bridgehead atoms. The van der Waals surface area contributed by atoms with Gasteiger partial charge in [-0.05, 0) is 263 Å². The molecule has 12 nitrogen and oxygen atoms in total. The summed E-state index contributed by atoms with van der Waals surface area (Å²) in [6, 6.07) is 0. The monoisotopic (exact) mass is 1790 g/mol. The van der Waals surface area contributed by atoms with Crippen molar-refractivity contribution in [1.29, 1.82) is 0 Å². The van der Waals surface area contributed by atoms with Gasteiger partial charge in [0.05, 0.1) is 0 Å². The third-order valence-corrected chi connectivity index (χ3v) is 24.9. The van der Waals surface area contributed by atoms with Crippen molar-refractivity contribution in [3.05, 3.63) is 389 Å². The summed E-state index contributed by atoms with van der Waals surface area (Å²) >= 11 is 0. The minimum absolute atomic E-state index is 0.175. The average molecular weight is 1790 g/mol. The summed E-state index contributed by atoms with van der Waals surface area (Å²) in [6.45, 7) is 60.0. The lowest BCUT2D eigenvalue weighted by Crippen LogP contribution is -2.35. The average Bonchev–Trinajstić information content (AvgIpc) is 0.818. The largest absolute Gasteiger partial charge is 0.385 e. The Morgan fingerprint density at radius 3 is 0.402 bits per heavy atom. The predicted molar refractivity (Wildman–Crippen MR) is 555 cm³/mol. The maximum atomic E-state index is 12.2. The number of ketones is 6. The second kappa shape index (κ2) is 52.0. The van der Waals surface area contributed by atoms with Crippen LogP contribution in [-0.4, -0.2) is 102 Å². The van der Waals surface area contributed by atoms with Gasteiger partial charge in [0.25, 0.3) is 0 Å². The maximum Gasteiger partial charge on any atom is 0.187 e. The molecule has 0 radical (unpaired) electrons. The van der Waals surface area contributed by atoms with Gasteiger partial charge >= 0.3 is 0 Å². The SMILES string of the molecule is CC1=C(/C=C/C(C)=C/C=C/C(C)=C/C=C/C=C(C)/C=C/C=C(C)/C=C/C2=C(C)C(=O)[C@@H](O)CC2(C)C)C(C)(C)C[C@@H](O)C1=O.CC1=C(/C=C/C(C)=C/C=C/C(C)=C/C=C/C=C(C)/C=C/C=C(C)/C=C/C2=C(C)C(=O)[C@@H](O)CC2(C)C)C(C)(C)C[C@H](O)C1=O.CC1=C(/C=C/C(C)=C/C=C/C(C)=C/C=C/C=C(C)/C=C/C=C(C)/C=C/C2=C(C)C(=O)[C@H](O)CC2(C)C)C(C)(C)C[C@@H](O)C1=O. The molecule has 6 aliphatic carbocycles. The molecule has 708 valence electrons. The van der Waals surface area contributed by atoms with E-state index in [4.69, 9.17) is 0 Å². The summed E-state index contributed by atoms with van der Waals surface area (Å²) in [6.07, 6.45) is 82.5. The van der Waals surface area contributed by atoms with Crippen molar-refractivity contribution in [3.8, 4) is 0 Å². The van der Waals surface area contributed by atoms with Crippen LogP contribution in [0.25, 0.3) is 0 Å². The van der Waals surface area contributed by atoms with Crippen LogP contribution in [0.2, 0.25) is 0 Å². The van der Waals surface area contributed by atoms with Crippen molar-refractivity contribution < 1.29 is 59.4 Å². The van der Waals surface area contributed by atoms with E-state index in [1.165, 1.54) is 0 Å². The van der Waals surface area contributed by atoms with Gasteiger partial charge in [0.2, 0.25) is 0 Å². The van der Waals surface area contributed by atoms with Crippen LogP contribution in [-0.2, 0) is 28.8 Å². The minimum atomic E-state index is -0.907. The lowest BCUT2D eigenvalue weighted by atomic mass is 9.71. The molecule has 6 rings (SSSR count). The lowest BCUT2D eigenvalue weighted by Gasteiger charge is -2.34. The first-order valence-electron chi connectivity index (χ1n) is 46.2. The van der Waals surface area contributed by atoms with Gasteiger partial charge in [-0.25, -0.2) is 0 Å². The Bertz CT molecular complexity index is 4550. The van der Waals surface area contributed by atoms with Gasteiger partial charge in [0.1, 0.15) is 36.6 Å². The molecule has 0 heterocycles. The van der Waals surface area contributed by atoms with E-state index < -0.39 is 36.6 Å². The summed E-state index contributed by atoms with van der Waals surface area (Å²) in [5.41, 5.74) is 21.5. The zero-order valence-electron chi connectivity index (χ0n) is 85.1.